The van der Waals surface area contributed by atoms with Crippen LogP contribution < -0.4 is 4.74 Å². The Morgan fingerprint density at radius 3 is 2.35 bits per heavy atom. The van der Waals surface area contributed by atoms with Crippen molar-refractivity contribution in [1.82, 2.24) is 4.57 Å². The molecule has 0 aliphatic heterocycles. The largest absolute Gasteiger partial charge is 0.497 e. The average molecular weight is 307 g/mol. The van der Waals surface area contributed by atoms with Crippen molar-refractivity contribution >= 4 is 5.97 Å². The normalized spacial score (nSPS) is 10.5. The topological polar surface area (TPSA) is 51.5 Å². The van der Waals surface area contributed by atoms with E-state index in [0.29, 0.717) is 17.7 Å². The van der Waals surface area contributed by atoms with Crippen LogP contribution in [0, 0.1) is 0 Å². The zero-order valence-corrected chi connectivity index (χ0v) is 12.8. The molecule has 116 valence electrons. The Labute approximate surface area is 134 Å². The van der Waals surface area contributed by atoms with Gasteiger partial charge in [-0.3, -0.25) is 0 Å². The Morgan fingerprint density at radius 1 is 1.04 bits per heavy atom. The Morgan fingerprint density at radius 2 is 1.74 bits per heavy atom. The van der Waals surface area contributed by atoms with E-state index in [4.69, 9.17) is 4.74 Å². The molecule has 4 heteroatoms. The summed E-state index contributed by atoms with van der Waals surface area (Å²) >= 11 is 0. The van der Waals surface area contributed by atoms with E-state index in [9.17, 15) is 9.90 Å². The number of benzene rings is 2. The highest BCUT2D eigenvalue weighted by Crippen LogP contribution is 2.27. The van der Waals surface area contributed by atoms with Gasteiger partial charge in [0.05, 0.1) is 12.7 Å². The number of carboxylic acid groups (broad SMARTS) is 1. The zero-order valence-electron chi connectivity index (χ0n) is 12.8. The SMILES string of the molecule is COc1ccc(-c2cn(Cc3ccccc3)cc2C(=O)O)cc1. The molecule has 0 spiro atoms. The van der Waals surface area contributed by atoms with Gasteiger partial charge in [0.1, 0.15) is 5.75 Å². The maximum absolute atomic E-state index is 11.5. The first-order valence-electron chi connectivity index (χ1n) is 7.29. The van der Waals surface area contributed by atoms with E-state index in [0.717, 1.165) is 16.9 Å². The highest BCUT2D eigenvalue weighted by Gasteiger charge is 2.15. The summed E-state index contributed by atoms with van der Waals surface area (Å²) in [7, 11) is 1.61. The second-order valence-electron chi connectivity index (χ2n) is 5.28. The molecule has 2 aromatic carbocycles. The molecule has 0 amide bonds. The van der Waals surface area contributed by atoms with Crippen molar-refractivity contribution in [2.45, 2.75) is 6.54 Å². The average Bonchev–Trinajstić information content (AvgIpc) is 3.00. The third kappa shape index (κ3) is 3.26. The third-order valence-corrected chi connectivity index (χ3v) is 3.72. The van der Waals surface area contributed by atoms with Gasteiger partial charge in [0.15, 0.2) is 0 Å². The minimum atomic E-state index is -0.928. The van der Waals surface area contributed by atoms with Gasteiger partial charge in [0.25, 0.3) is 0 Å². The first kappa shape index (κ1) is 14.9. The van der Waals surface area contributed by atoms with Crippen LogP contribution in [0.4, 0.5) is 0 Å². The van der Waals surface area contributed by atoms with Crippen LogP contribution >= 0.6 is 0 Å². The summed E-state index contributed by atoms with van der Waals surface area (Å²) < 4.78 is 7.05. The lowest BCUT2D eigenvalue weighted by atomic mass is 10.0. The first-order chi connectivity index (χ1) is 11.2. The van der Waals surface area contributed by atoms with Crippen LogP contribution in [0.5, 0.6) is 5.75 Å². The molecule has 0 atom stereocenters. The Hall–Kier alpha value is -3.01. The van der Waals surface area contributed by atoms with Crippen LogP contribution in [0.2, 0.25) is 0 Å². The molecule has 1 aromatic heterocycles. The van der Waals surface area contributed by atoms with Crippen molar-refractivity contribution in [2.75, 3.05) is 7.11 Å². The number of methoxy groups -OCH3 is 1. The molecule has 0 radical (unpaired) electrons. The summed E-state index contributed by atoms with van der Waals surface area (Å²) in [5, 5.41) is 9.47. The van der Waals surface area contributed by atoms with Gasteiger partial charge in [-0.15, -0.1) is 0 Å². The first-order valence-corrected chi connectivity index (χ1v) is 7.29. The molecule has 0 fully saturated rings. The van der Waals surface area contributed by atoms with Gasteiger partial charge in [0, 0.05) is 24.5 Å². The van der Waals surface area contributed by atoms with Crippen LogP contribution in [0.15, 0.2) is 67.0 Å². The molecule has 0 saturated carbocycles. The number of hydrogen-bond donors (Lipinski definition) is 1. The molecule has 0 unspecified atom stereocenters. The zero-order chi connectivity index (χ0) is 16.2. The maximum Gasteiger partial charge on any atom is 0.337 e. The van der Waals surface area contributed by atoms with Crippen LogP contribution in [0.25, 0.3) is 11.1 Å². The standard InChI is InChI=1S/C19H17NO3/c1-23-16-9-7-15(8-10-16)17-12-20(13-18(17)19(21)22)11-14-5-3-2-4-6-14/h2-10,12-13H,11H2,1H3,(H,21,22). The van der Waals surface area contributed by atoms with Crippen molar-refractivity contribution < 1.29 is 14.6 Å². The molecule has 0 aliphatic rings. The van der Waals surface area contributed by atoms with Crippen molar-refractivity contribution in [3.8, 4) is 16.9 Å². The molecule has 4 nitrogen and oxygen atoms in total. The van der Waals surface area contributed by atoms with Crippen molar-refractivity contribution in [1.29, 1.82) is 0 Å². The Balaban J connectivity index is 1.96. The van der Waals surface area contributed by atoms with E-state index < -0.39 is 5.97 Å². The maximum atomic E-state index is 11.5. The van der Waals surface area contributed by atoms with Crippen molar-refractivity contribution in [3.05, 3.63) is 78.1 Å². The molecular weight excluding hydrogens is 290 g/mol. The number of aromatic nitrogens is 1. The van der Waals surface area contributed by atoms with Crippen LogP contribution in [0.3, 0.4) is 0 Å². The summed E-state index contributed by atoms with van der Waals surface area (Å²) in [5.74, 6) is -0.183. The minimum absolute atomic E-state index is 0.297. The monoisotopic (exact) mass is 307 g/mol. The highest BCUT2D eigenvalue weighted by molar-refractivity contribution is 5.96. The molecule has 0 saturated heterocycles. The van der Waals surface area contributed by atoms with Crippen LogP contribution in [-0.4, -0.2) is 22.8 Å². The van der Waals surface area contributed by atoms with E-state index in [-0.39, 0.29) is 0 Å². The van der Waals surface area contributed by atoms with E-state index >= 15 is 0 Å². The fourth-order valence-electron chi connectivity index (χ4n) is 2.56. The number of carboxylic acids is 1. The van der Waals surface area contributed by atoms with Gasteiger partial charge >= 0.3 is 5.97 Å². The summed E-state index contributed by atoms with van der Waals surface area (Å²) in [6.45, 7) is 0.636. The molecule has 1 heterocycles. The lowest BCUT2D eigenvalue weighted by molar-refractivity contribution is 0.0697. The van der Waals surface area contributed by atoms with Crippen molar-refractivity contribution in [3.63, 3.8) is 0 Å². The van der Waals surface area contributed by atoms with Gasteiger partial charge in [-0.05, 0) is 23.3 Å². The highest BCUT2D eigenvalue weighted by atomic mass is 16.5. The summed E-state index contributed by atoms with van der Waals surface area (Å²) in [5.41, 5.74) is 2.98. The van der Waals surface area contributed by atoms with E-state index in [1.807, 2.05) is 65.4 Å². The third-order valence-electron chi connectivity index (χ3n) is 3.72. The van der Waals surface area contributed by atoms with Gasteiger partial charge in [0.2, 0.25) is 0 Å². The van der Waals surface area contributed by atoms with Crippen LogP contribution in [0.1, 0.15) is 15.9 Å². The number of rotatable bonds is 5. The van der Waals surface area contributed by atoms with Crippen molar-refractivity contribution in [2.24, 2.45) is 0 Å². The second kappa shape index (κ2) is 6.40. The number of ether oxygens (including phenoxy) is 1. The Kier molecular flexibility index (Phi) is 4.15. The summed E-state index contributed by atoms with van der Waals surface area (Å²) in [6.07, 6.45) is 3.55. The van der Waals surface area contributed by atoms with Crippen LogP contribution in [-0.2, 0) is 6.54 Å². The molecule has 3 rings (SSSR count). The predicted molar refractivity (Wildman–Crippen MR) is 88.9 cm³/mol. The van der Waals surface area contributed by atoms with Gasteiger partial charge in [-0.2, -0.15) is 0 Å². The van der Waals surface area contributed by atoms with Gasteiger partial charge in [-0.1, -0.05) is 42.5 Å². The van der Waals surface area contributed by atoms with E-state index in [1.54, 1.807) is 13.3 Å². The molecule has 0 aliphatic carbocycles. The molecule has 23 heavy (non-hydrogen) atoms. The molecule has 1 N–H and O–H groups in total. The van der Waals surface area contributed by atoms with E-state index in [2.05, 4.69) is 0 Å². The number of aromatic carboxylic acids is 1. The summed E-state index contributed by atoms with van der Waals surface area (Å²) in [6, 6.07) is 17.3. The lowest BCUT2D eigenvalue weighted by Crippen LogP contribution is -1.98. The summed E-state index contributed by atoms with van der Waals surface area (Å²) in [4.78, 5) is 11.5. The number of carbonyl (C=O) groups is 1. The van der Waals surface area contributed by atoms with Gasteiger partial charge < -0.3 is 14.4 Å². The minimum Gasteiger partial charge on any atom is -0.497 e. The smallest absolute Gasteiger partial charge is 0.337 e. The quantitative estimate of drug-likeness (QED) is 0.777. The second-order valence-corrected chi connectivity index (χ2v) is 5.28. The fraction of sp³-hybridized carbons (Fsp3) is 0.105. The molecule has 0 bridgehead atoms. The molecule has 3 aromatic rings. The van der Waals surface area contributed by atoms with Gasteiger partial charge in [-0.25, -0.2) is 4.79 Å². The lowest BCUT2D eigenvalue weighted by Gasteiger charge is -2.03. The van der Waals surface area contributed by atoms with E-state index in [1.165, 1.54) is 0 Å². The Bertz CT molecular complexity index is 804. The molecular formula is C19H17NO3. The number of nitrogens with zero attached hydrogens (tertiary/aromatic N) is 1. The fourth-order valence-corrected chi connectivity index (χ4v) is 2.56. The number of hydrogen-bond acceptors (Lipinski definition) is 2. The predicted octanol–water partition coefficient (Wildman–Crippen LogP) is 3.91.